The van der Waals surface area contributed by atoms with Gasteiger partial charge in [-0.25, -0.2) is 4.79 Å². The molecule has 0 aliphatic carbocycles. The summed E-state index contributed by atoms with van der Waals surface area (Å²) >= 11 is 0. The van der Waals surface area contributed by atoms with Gasteiger partial charge in [0.15, 0.2) is 0 Å². The van der Waals surface area contributed by atoms with Gasteiger partial charge in [-0.15, -0.1) is 0 Å². The van der Waals surface area contributed by atoms with Gasteiger partial charge in [0.2, 0.25) is 0 Å². The van der Waals surface area contributed by atoms with Crippen molar-refractivity contribution in [2.24, 2.45) is 11.8 Å². The SMILES string of the molecule is COCCNC(=O)NC[C@H](CC(=O)O)CC(C)C. The number of carboxylic acids is 1. The second kappa shape index (κ2) is 9.70. The Morgan fingerprint density at radius 2 is 1.94 bits per heavy atom. The molecule has 3 N–H and O–H groups in total. The highest BCUT2D eigenvalue weighted by atomic mass is 16.5. The second-order valence-corrected chi connectivity index (χ2v) is 4.72. The molecule has 0 aromatic heterocycles. The van der Waals surface area contributed by atoms with E-state index < -0.39 is 5.97 Å². The van der Waals surface area contributed by atoms with Crippen LogP contribution in [0.15, 0.2) is 0 Å². The van der Waals surface area contributed by atoms with Gasteiger partial charge < -0.3 is 20.5 Å². The molecule has 0 bridgehead atoms. The van der Waals surface area contributed by atoms with Crippen molar-refractivity contribution >= 4 is 12.0 Å². The standard InChI is InChI=1S/C12H24N2O4/c1-9(2)6-10(7-11(15)16)8-14-12(17)13-4-5-18-3/h9-10H,4-8H2,1-3H3,(H,15,16)(H2,13,14,17)/t10-/m0/s1. The van der Waals surface area contributed by atoms with Crippen LogP contribution in [0.1, 0.15) is 26.7 Å². The molecular weight excluding hydrogens is 236 g/mol. The number of ether oxygens (including phenoxy) is 1. The fourth-order valence-electron chi connectivity index (χ4n) is 1.72. The van der Waals surface area contributed by atoms with Crippen LogP contribution in [-0.4, -0.2) is 43.9 Å². The molecule has 0 saturated heterocycles. The van der Waals surface area contributed by atoms with Crippen LogP contribution in [0.4, 0.5) is 4.79 Å². The quantitative estimate of drug-likeness (QED) is 0.541. The second-order valence-electron chi connectivity index (χ2n) is 4.72. The summed E-state index contributed by atoms with van der Waals surface area (Å²) in [5.74, 6) is -0.453. The van der Waals surface area contributed by atoms with Gasteiger partial charge in [0.25, 0.3) is 0 Å². The Morgan fingerprint density at radius 1 is 1.28 bits per heavy atom. The van der Waals surface area contributed by atoms with E-state index in [0.29, 0.717) is 25.6 Å². The molecule has 6 heteroatoms. The average Bonchev–Trinajstić information content (AvgIpc) is 2.25. The topological polar surface area (TPSA) is 87.7 Å². The summed E-state index contributed by atoms with van der Waals surface area (Å²) in [5, 5.41) is 14.1. The molecule has 0 unspecified atom stereocenters. The van der Waals surface area contributed by atoms with Crippen molar-refractivity contribution < 1.29 is 19.4 Å². The molecule has 0 fully saturated rings. The van der Waals surface area contributed by atoms with E-state index in [1.165, 1.54) is 0 Å². The van der Waals surface area contributed by atoms with Crippen LogP contribution in [0.3, 0.4) is 0 Å². The number of carboxylic acid groups (broad SMARTS) is 1. The first-order valence-electron chi connectivity index (χ1n) is 6.18. The highest BCUT2D eigenvalue weighted by Gasteiger charge is 2.15. The van der Waals surface area contributed by atoms with Crippen LogP contribution < -0.4 is 10.6 Å². The number of aliphatic carboxylic acids is 1. The highest BCUT2D eigenvalue weighted by molar-refractivity contribution is 5.74. The summed E-state index contributed by atoms with van der Waals surface area (Å²) in [6.45, 7) is 5.35. The molecule has 0 aliphatic rings. The summed E-state index contributed by atoms with van der Waals surface area (Å²) in [4.78, 5) is 22.1. The van der Waals surface area contributed by atoms with Gasteiger partial charge in [-0.1, -0.05) is 13.8 Å². The van der Waals surface area contributed by atoms with Gasteiger partial charge in [-0.2, -0.15) is 0 Å². The van der Waals surface area contributed by atoms with Gasteiger partial charge in [0.1, 0.15) is 0 Å². The van der Waals surface area contributed by atoms with Gasteiger partial charge in [-0.05, 0) is 18.3 Å². The van der Waals surface area contributed by atoms with Crippen molar-refractivity contribution in [2.75, 3.05) is 26.8 Å². The number of urea groups is 1. The molecule has 18 heavy (non-hydrogen) atoms. The first kappa shape index (κ1) is 16.7. The molecule has 0 spiro atoms. The predicted octanol–water partition coefficient (Wildman–Crippen LogP) is 1.07. The normalized spacial score (nSPS) is 12.2. The zero-order valence-corrected chi connectivity index (χ0v) is 11.4. The lowest BCUT2D eigenvalue weighted by Gasteiger charge is -2.18. The molecule has 1 atom stereocenters. The van der Waals surface area contributed by atoms with Gasteiger partial charge in [0.05, 0.1) is 6.61 Å². The van der Waals surface area contributed by atoms with E-state index in [2.05, 4.69) is 10.6 Å². The number of nitrogens with one attached hydrogen (secondary N) is 2. The Morgan fingerprint density at radius 3 is 2.44 bits per heavy atom. The minimum Gasteiger partial charge on any atom is -0.481 e. The summed E-state index contributed by atoms with van der Waals surface area (Å²) < 4.78 is 4.80. The van der Waals surface area contributed by atoms with Crippen molar-refractivity contribution in [3.05, 3.63) is 0 Å². The van der Waals surface area contributed by atoms with Crippen molar-refractivity contribution in [1.29, 1.82) is 0 Å². The molecule has 0 aromatic carbocycles. The zero-order valence-electron chi connectivity index (χ0n) is 11.4. The molecule has 0 rings (SSSR count). The third-order valence-electron chi connectivity index (χ3n) is 2.41. The van der Waals surface area contributed by atoms with Crippen molar-refractivity contribution in [1.82, 2.24) is 10.6 Å². The Kier molecular flexibility index (Phi) is 9.00. The molecule has 0 heterocycles. The number of amides is 2. The van der Waals surface area contributed by atoms with Crippen molar-refractivity contribution in [3.63, 3.8) is 0 Å². The number of carbonyl (C=O) groups is 2. The summed E-state index contributed by atoms with van der Waals surface area (Å²) in [5.41, 5.74) is 0. The van der Waals surface area contributed by atoms with Gasteiger partial charge >= 0.3 is 12.0 Å². The lowest BCUT2D eigenvalue weighted by Crippen LogP contribution is -2.40. The number of carbonyl (C=O) groups excluding carboxylic acids is 1. The highest BCUT2D eigenvalue weighted by Crippen LogP contribution is 2.14. The summed E-state index contributed by atoms with van der Waals surface area (Å²) in [7, 11) is 1.56. The molecule has 0 saturated carbocycles. The van der Waals surface area contributed by atoms with Crippen LogP contribution >= 0.6 is 0 Å². The fraction of sp³-hybridized carbons (Fsp3) is 0.833. The Bertz CT molecular complexity index is 256. The Labute approximate surface area is 108 Å². The van der Waals surface area contributed by atoms with Gasteiger partial charge in [0, 0.05) is 26.6 Å². The lowest BCUT2D eigenvalue weighted by molar-refractivity contribution is -0.138. The lowest BCUT2D eigenvalue weighted by atomic mass is 9.94. The molecule has 0 aliphatic heterocycles. The molecule has 106 valence electrons. The zero-order chi connectivity index (χ0) is 14.0. The van der Waals surface area contributed by atoms with Crippen LogP contribution in [-0.2, 0) is 9.53 Å². The number of hydrogen-bond acceptors (Lipinski definition) is 3. The molecule has 0 aromatic rings. The number of rotatable bonds is 9. The molecule has 2 amide bonds. The smallest absolute Gasteiger partial charge is 0.314 e. The Hall–Kier alpha value is -1.30. The number of hydrogen-bond donors (Lipinski definition) is 3. The summed E-state index contributed by atoms with van der Waals surface area (Å²) in [6, 6.07) is -0.286. The monoisotopic (exact) mass is 260 g/mol. The molecular formula is C12H24N2O4. The number of methoxy groups -OCH3 is 1. The maximum Gasteiger partial charge on any atom is 0.314 e. The average molecular weight is 260 g/mol. The van der Waals surface area contributed by atoms with Crippen molar-refractivity contribution in [2.45, 2.75) is 26.7 Å². The minimum atomic E-state index is -0.831. The minimum absolute atomic E-state index is 0.0318. The van der Waals surface area contributed by atoms with E-state index in [1.54, 1.807) is 7.11 Å². The van der Waals surface area contributed by atoms with Crippen molar-refractivity contribution in [3.8, 4) is 0 Å². The van der Waals surface area contributed by atoms with Crippen LogP contribution in [0.5, 0.6) is 0 Å². The third kappa shape index (κ3) is 9.89. The van der Waals surface area contributed by atoms with Crippen LogP contribution in [0.25, 0.3) is 0 Å². The van der Waals surface area contributed by atoms with Gasteiger partial charge in [-0.3, -0.25) is 4.79 Å². The molecule has 0 radical (unpaired) electrons. The van der Waals surface area contributed by atoms with E-state index in [1.807, 2.05) is 13.8 Å². The van der Waals surface area contributed by atoms with E-state index in [9.17, 15) is 9.59 Å². The summed E-state index contributed by atoms with van der Waals surface area (Å²) in [6.07, 6.45) is 0.862. The van der Waals surface area contributed by atoms with Crippen LogP contribution in [0.2, 0.25) is 0 Å². The van der Waals surface area contributed by atoms with E-state index >= 15 is 0 Å². The first-order chi connectivity index (χ1) is 8.45. The predicted molar refractivity (Wildman–Crippen MR) is 68.5 cm³/mol. The molecule has 6 nitrogen and oxygen atoms in total. The first-order valence-corrected chi connectivity index (χ1v) is 6.18. The Balaban J connectivity index is 3.93. The largest absolute Gasteiger partial charge is 0.481 e. The van der Waals surface area contributed by atoms with E-state index in [0.717, 1.165) is 6.42 Å². The fourth-order valence-corrected chi connectivity index (χ4v) is 1.72. The maximum atomic E-state index is 11.4. The van der Waals surface area contributed by atoms with Crippen LogP contribution in [0, 0.1) is 11.8 Å². The third-order valence-corrected chi connectivity index (χ3v) is 2.41. The maximum absolute atomic E-state index is 11.4. The van der Waals surface area contributed by atoms with E-state index in [4.69, 9.17) is 9.84 Å². The van der Waals surface area contributed by atoms with E-state index in [-0.39, 0.29) is 18.4 Å².